The Labute approximate surface area is 125 Å². The zero-order valence-corrected chi connectivity index (χ0v) is 12.3. The fourth-order valence-electron chi connectivity index (χ4n) is 3.00. The summed E-state index contributed by atoms with van der Waals surface area (Å²) in [5.41, 5.74) is 10.3. The fraction of sp³-hybridized carbons (Fsp3) is 0.294. The smallest absolute Gasteiger partial charge is 0.140 e. The first-order chi connectivity index (χ1) is 10.2. The molecule has 0 saturated heterocycles. The minimum Gasteiger partial charge on any atom is -0.384 e. The number of rotatable bonds is 2. The topological polar surface area (TPSA) is 66.0 Å². The van der Waals surface area contributed by atoms with Crippen LogP contribution in [0.4, 0.5) is 5.82 Å². The highest BCUT2D eigenvalue weighted by atomic mass is 15.2. The van der Waals surface area contributed by atoms with Gasteiger partial charge in [0.15, 0.2) is 0 Å². The van der Waals surface area contributed by atoms with Crippen LogP contribution in [0.2, 0.25) is 0 Å². The zero-order chi connectivity index (χ0) is 14.8. The number of pyridine rings is 1. The summed E-state index contributed by atoms with van der Waals surface area (Å²) >= 11 is 0. The van der Waals surface area contributed by atoms with Gasteiger partial charge in [-0.1, -0.05) is 24.3 Å². The molecule has 1 aromatic carbocycles. The predicted molar refractivity (Wildman–Crippen MR) is 85.8 cm³/mol. The SMILES string of the molecule is Cc1ccnc(N2CCCc3ccccc3C2)c1C(=N)N. The minimum absolute atomic E-state index is 0.0909. The number of nitrogens with zero attached hydrogens (tertiary/aromatic N) is 2. The number of amidine groups is 1. The third kappa shape index (κ3) is 2.61. The number of anilines is 1. The number of hydrogen-bond acceptors (Lipinski definition) is 3. The van der Waals surface area contributed by atoms with Gasteiger partial charge < -0.3 is 10.6 Å². The Bertz CT molecular complexity index is 678. The van der Waals surface area contributed by atoms with Crippen molar-refractivity contribution in [2.24, 2.45) is 5.73 Å². The highest BCUT2D eigenvalue weighted by Gasteiger charge is 2.20. The van der Waals surface area contributed by atoms with Gasteiger partial charge in [-0.15, -0.1) is 0 Å². The third-order valence-corrected chi connectivity index (χ3v) is 4.06. The molecule has 3 rings (SSSR count). The van der Waals surface area contributed by atoms with E-state index >= 15 is 0 Å². The van der Waals surface area contributed by atoms with Gasteiger partial charge in [0.05, 0.1) is 5.56 Å². The second-order valence-corrected chi connectivity index (χ2v) is 5.53. The van der Waals surface area contributed by atoms with Crippen LogP contribution in [-0.2, 0) is 13.0 Å². The van der Waals surface area contributed by atoms with Crippen molar-refractivity contribution >= 4 is 11.7 Å². The van der Waals surface area contributed by atoms with Crippen molar-refractivity contribution in [3.63, 3.8) is 0 Å². The van der Waals surface area contributed by atoms with Crippen LogP contribution in [0.1, 0.15) is 28.7 Å². The molecule has 2 aromatic rings. The Balaban J connectivity index is 2.02. The summed E-state index contributed by atoms with van der Waals surface area (Å²) in [6, 6.07) is 10.5. The normalized spacial score (nSPS) is 14.4. The second kappa shape index (κ2) is 5.56. The van der Waals surface area contributed by atoms with E-state index in [0.717, 1.165) is 42.9 Å². The molecule has 0 unspecified atom stereocenters. The molecule has 3 N–H and O–H groups in total. The molecule has 4 heteroatoms. The third-order valence-electron chi connectivity index (χ3n) is 4.06. The number of benzene rings is 1. The van der Waals surface area contributed by atoms with E-state index < -0.39 is 0 Å². The monoisotopic (exact) mass is 280 g/mol. The zero-order valence-electron chi connectivity index (χ0n) is 12.3. The molecule has 0 radical (unpaired) electrons. The number of aryl methyl sites for hydroxylation is 2. The molecule has 1 aliphatic heterocycles. The standard InChI is InChI=1S/C17H20N4/c1-12-8-9-20-17(15(12)16(18)19)21-10-4-7-13-5-2-3-6-14(13)11-21/h2-3,5-6,8-9H,4,7,10-11H2,1H3,(H3,18,19). The summed E-state index contributed by atoms with van der Waals surface area (Å²) in [7, 11) is 0. The van der Waals surface area contributed by atoms with Crippen molar-refractivity contribution in [1.82, 2.24) is 4.98 Å². The van der Waals surface area contributed by atoms with Crippen LogP contribution < -0.4 is 10.6 Å². The number of nitrogen functional groups attached to an aromatic ring is 1. The largest absolute Gasteiger partial charge is 0.384 e. The van der Waals surface area contributed by atoms with E-state index in [9.17, 15) is 0 Å². The number of hydrogen-bond donors (Lipinski definition) is 2. The predicted octanol–water partition coefficient (Wildman–Crippen LogP) is 2.63. The highest BCUT2D eigenvalue weighted by Crippen LogP contribution is 2.26. The Hall–Kier alpha value is -2.36. The van der Waals surface area contributed by atoms with Crippen molar-refractivity contribution in [2.45, 2.75) is 26.3 Å². The minimum atomic E-state index is 0.0909. The maximum absolute atomic E-state index is 7.85. The van der Waals surface area contributed by atoms with Gasteiger partial charge in [-0.05, 0) is 42.5 Å². The lowest BCUT2D eigenvalue weighted by atomic mass is 10.0. The number of aromatic nitrogens is 1. The molecule has 1 aliphatic rings. The Morgan fingerprint density at radius 1 is 1.24 bits per heavy atom. The average molecular weight is 280 g/mol. The summed E-state index contributed by atoms with van der Waals surface area (Å²) in [4.78, 5) is 6.75. The van der Waals surface area contributed by atoms with E-state index in [1.807, 2.05) is 13.0 Å². The van der Waals surface area contributed by atoms with Crippen molar-refractivity contribution < 1.29 is 0 Å². The van der Waals surface area contributed by atoms with E-state index in [1.165, 1.54) is 11.1 Å². The van der Waals surface area contributed by atoms with E-state index in [-0.39, 0.29) is 5.84 Å². The summed E-state index contributed by atoms with van der Waals surface area (Å²) in [6.45, 7) is 3.74. The summed E-state index contributed by atoms with van der Waals surface area (Å²) in [6.07, 6.45) is 3.98. The van der Waals surface area contributed by atoms with Gasteiger partial charge in [0, 0.05) is 19.3 Å². The molecular formula is C17H20N4. The van der Waals surface area contributed by atoms with Gasteiger partial charge in [0.1, 0.15) is 11.7 Å². The first-order valence-corrected chi connectivity index (χ1v) is 7.28. The Morgan fingerprint density at radius 3 is 2.76 bits per heavy atom. The molecule has 0 amide bonds. The van der Waals surface area contributed by atoms with Crippen LogP contribution >= 0.6 is 0 Å². The molecule has 0 bridgehead atoms. The molecule has 2 heterocycles. The van der Waals surface area contributed by atoms with Crippen molar-refractivity contribution in [2.75, 3.05) is 11.4 Å². The first-order valence-electron chi connectivity index (χ1n) is 7.28. The molecule has 0 aliphatic carbocycles. The lowest BCUT2D eigenvalue weighted by Crippen LogP contribution is -2.28. The first kappa shape index (κ1) is 13.6. The van der Waals surface area contributed by atoms with Gasteiger partial charge in [0.2, 0.25) is 0 Å². The Morgan fingerprint density at radius 2 is 2.00 bits per heavy atom. The van der Waals surface area contributed by atoms with Gasteiger partial charge in [-0.25, -0.2) is 4.98 Å². The van der Waals surface area contributed by atoms with E-state index in [2.05, 4.69) is 34.1 Å². The molecule has 1 aromatic heterocycles. The molecule has 0 atom stereocenters. The average Bonchev–Trinajstić information content (AvgIpc) is 2.68. The molecule has 0 spiro atoms. The molecule has 0 fully saturated rings. The highest BCUT2D eigenvalue weighted by molar-refractivity contribution is 6.01. The van der Waals surface area contributed by atoms with E-state index in [4.69, 9.17) is 11.1 Å². The quantitative estimate of drug-likeness (QED) is 0.656. The molecule has 4 nitrogen and oxygen atoms in total. The van der Waals surface area contributed by atoms with Gasteiger partial charge >= 0.3 is 0 Å². The van der Waals surface area contributed by atoms with Crippen LogP contribution in [0.15, 0.2) is 36.5 Å². The molecular weight excluding hydrogens is 260 g/mol. The van der Waals surface area contributed by atoms with Crippen LogP contribution in [0.5, 0.6) is 0 Å². The fourth-order valence-corrected chi connectivity index (χ4v) is 3.00. The van der Waals surface area contributed by atoms with Crippen molar-refractivity contribution in [1.29, 1.82) is 5.41 Å². The second-order valence-electron chi connectivity index (χ2n) is 5.53. The number of nitrogens with one attached hydrogen (secondary N) is 1. The van der Waals surface area contributed by atoms with Crippen molar-refractivity contribution in [3.05, 3.63) is 58.8 Å². The van der Waals surface area contributed by atoms with Crippen LogP contribution in [0.25, 0.3) is 0 Å². The van der Waals surface area contributed by atoms with Gasteiger partial charge in [-0.2, -0.15) is 0 Å². The van der Waals surface area contributed by atoms with Crippen LogP contribution in [-0.4, -0.2) is 17.4 Å². The lowest BCUT2D eigenvalue weighted by Gasteiger charge is -2.25. The molecule has 21 heavy (non-hydrogen) atoms. The van der Waals surface area contributed by atoms with Crippen LogP contribution in [0, 0.1) is 12.3 Å². The van der Waals surface area contributed by atoms with Gasteiger partial charge in [0.25, 0.3) is 0 Å². The van der Waals surface area contributed by atoms with Crippen molar-refractivity contribution in [3.8, 4) is 0 Å². The lowest BCUT2D eigenvalue weighted by molar-refractivity contribution is 0.753. The maximum atomic E-state index is 7.85. The van der Waals surface area contributed by atoms with Crippen LogP contribution in [0.3, 0.4) is 0 Å². The molecule has 0 saturated carbocycles. The summed E-state index contributed by atoms with van der Waals surface area (Å²) < 4.78 is 0. The van der Waals surface area contributed by atoms with E-state index in [0.29, 0.717) is 0 Å². The van der Waals surface area contributed by atoms with Gasteiger partial charge in [-0.3, -0.25) is 5.41 Å². The summed E-state index contributed by atoms with van der Waals surface area (Å²) in [5, 5.41) is 7.85. The number of nitrogens with two attached hydrogens (primary N) is 1. The number of fused-ring (bicyclic) bond motifs is 1. The maximum Gasteiger partial charge on any atom is 0.140 e. The summed E-state index contributed by atoms with van der Waals surface area (Å²) in [5.74, 6) is 0.923. The van der Waals surface area contributed by atoms with E-state index in [1.54, 1.807) is 6.20 Å². The Kier molecular flexibility index (Phi) is 3.60. The molecule has 108 valence electrons.